The van der Waals surface area contributed by atoms with Crippen molar-refractivity contribution in [2.75, 3.05) is 5.32 Å². The minimum Gasteiger partial charge on any atom is -0.347 e. The molecule has 2 bridgehead atoms. The minimum absolute atomic E-state index is 0.0843. The van der Waals surface area contributed by atoms with Crippen molar-refractivity contribution in [2.45, 2.75) is 38.6 Å². The lowest BCUT2D eigenvalue weighted by atomic mass is 9.36. The van der Waals surface area contributed by atoms with Crippen LogP contribution in [-0.2, 0) is 4.79 Å². The zero-order valence-electron chi connectivity index (χ0n) is 16.4. The van der Waals surface area contributed by atoms with E-state index in [0.29, 0.717) is 16.8 Å². The molecule has 29 heavy (non-hydrogen) atoms. The summed E-state index contributed by atoms with van der Waals surface area (Å²) in [5, 5.41) is 15.0. The number of carbonyl (C=O) groups is 2. The molecule has 5 nitrogen and oxygen atoms in total. The van der Waals surface area contributed by atoms with E-state index in [2.05, 4.69) is 16.7 Å². The molecule has 0 unspecified atom stereocenters. The smallest absolute Gasteiger partial charge is 0.251 e. The lowest BCUT2D eigenvalue weighted by Gasteiger charge is -2.72. The summed E-state index contributed by atoms with van der Waals surface area (Å²) in [7, 11) is 0. The van der Waals surface area contributed by atoms with Crippen LogP contribution in [0.4, 0.5) is 10.1 Å². The lowest BCUT2D eigenvalue weighted by molar-refractivity contribution is -0.184. The van der Waals surface area contributed by atoms with Crippen molar-refractivity contribution < 1.29 is 14.0 Å². The maximum atomic E-state index is 13.0. The van der Waals surface area contributed by atoms with Crippen molar-refractivity contribution in [1.82, 2.24) is 5.32 Å². The maximum absolute atomic E-state index is 13.0. The highest BCUT2D eigenvalue weighted by Crippen LogP contribution is 2.70. The second kappa shape index (κ2) is 6.70. The number of aryl methyl sites for hydroxylation is 1. The van der Waals surface area contributed by atoms with Crippen LogP contribution in [0.2, 0.25) is 0 Å². The van der Waals surface area contributed by atoms with E-state index >= 15 is 0 Å². The highest BCUT2D eigenvalue weighted by molar-refractivity contribution is 5.96. The van der Waals surface area contributed by atoms with Gasteiger partial charge in [-0.15, -0.1) is 0 Å². The number of anilines is 1. The topological polar surface area (TPSA) is 82.0 Å². The average Bonchev–Trinajstić information content (AvgIpc) is 2.64. The first kappa shape index (κ1) is 19.1. The number of hydrogen-bond donors (Lipinski definition) is 2. The highest BCUT2D eigenvalue weighted by atomic mass is 19.1. The van der Waals surface area contributed by atoms with Crippen LogP contribution in [0, 0.1) is 35.4 Å². The van der Waals surface area contributed by atoms with Gasteiger partial charge in [0.05, 0.1) is 11.6 Å². The van der Waals surface area contributed by atoms with Gasteiger partial charge in [0.1, 0.15) is 5.82 Å². The molecule has 3 aliphatic carbocycles. The molecule has 3 aliphatic rings. The first-order chi connectivity index (χ1) is 13.8. The monoisotopic (exact) mass is 391 g/mol. The van der Waals surface area contributed by atoms with Crippen LogP contribution >= 0.6 is 0 Å². The number of nitrogens with one attached hydrogen (secondary N) is 2. The Morgan fingerprint density at radius 3 is 2.38 bits per heavy atom. The lowest BCUT2D eigenvalue weighted by Crippen LogP contribution is -2.77. The van der Waals surface area contributed by atoms with Crippen molar-refractivity contribution in [2.24, 2.45) is 11.3 Å². The third kappa shape index (κ3) is 3.27. The Balaban J connectivity index is 1.34. The van der Waals surface area contributed by atoms with Gasteiger partial charge in [-0.3, -0.25) is 9.59 Å². The molecule has 0 aromatic heterocycles. The Kier molecular flexibility index (Phi) is 4.42. The largest absolute Gasteiger partial charge is 0.347 e. The number of halogens is 1. The van der Waals surface area contributed by atoms with E-state index in [1.807, 2.05) is 13.8 Å². The molecule has 0 aliphatic heterocycles. The van der Waals surface area contributed by atoms with Gasteiger partial charge >= 0.3 is 0 Å². The summed E-state index contributed by atoms with van der Waals surface area (Å²) >= 11 is 0. The van der Waals surface area contributed by atoms with Crippen LogP contribution in [0.5, 0.6) is 0 Å². The molecule has 0 radical (unpaired) electrons. The predicted molar refractivity (Wildman–Crippen MR) is 107 cm³/mol. The van der Waals surface area contributed by atoms with E-state index in [9.17, 15) is 14.0 Å². The fourth-order valence-electron chi connectivity index (χ4n) is 4.76. The predicted octanol–water partition coefficient (Wildman–Crippen LogP) is 3.93. The standard InChI is InChI=1S/C23H22FN3O2/c1-14-9-16(3-4-17(14)10-25)21(29)27-23-11-22(12-23,13-23)15(2)20(28)26-19-7-5-18(24)6-8-19/h3-9,15H,11-13H2,1-2H3,(H,26,28)(H,27,29)/t15-,22?,23?/m1/s1. The van der Waals surface area contributed by atoms with Gasteiger partial charge < -0.3 is 10.6 Å². The average molecular weight is 391 g/mol. The molecule has 2 N–H and O–H groups in total. The molecular weight excluding hydrogens is 369 g/mol. The summed E-state index contributed by atoms with van der Waals surface area (Å²) in [5.74, 6) is -0.762. The zero-order chi connectivity index (χ0) is 20.8. The summed E-state index contributed by atoms with van der Waals surface area (Å²) in [5.41, 5.74) is 2.14. The van der Waals surface area contributed by atoms with E-state index in [-0.39, 0.29) is 34.5 Å². The number of nitriles is 1. The Labute approximate surface area is 168 Å². The molecule has 0 heterocycles. The maximum Gasteiger partial charge on any atom is 0.251 e. The third-order valence-corrected chi connectivity index (χ3v) is 6.48. The Morgan fingerprint density at radius 1 is 1.14 bits per heavy atom. The van der Waals surface area contributed by atoms with E-state index < -0.39 is 0 Å². The van der Waals surface area contributed by atoms with Gasteiger partial charge in [-0.05, 0) is 79.6 Å². The number of rotatable bonds is 5. The normalized spacial score (nSPS) is 25.0. The van der Waals surface area contributed by atoms with Crippen molar-refractivity contribution in [3.63, 3.8) is 0 Å². The summed E-state index contributed by atoms with van der Waals surface area (Å²) in [4.78, 5) is 25.2. The molecule has 0 saturated heterocycles. The first-order valence-electron chi connectivity index (χ1n) is 9.66. The number of amides is 2. The van der Waals surface area contributed by atoms with Crippen LogP contribution in [0.3, 0.4) is 0 Å². The SMILES string of the molecule is Cc1cc(C(=O)NC23CC([C@H](C)C(=O)Nc4ccc(F)cc4)(C2)C3)ccc1C#N. The molecule has 148 valence electrons. The second-order valence-corrected chi connectivity index (χ2v) is 8.49. The van der Waals surface area contributed by atoms with Gasteiger partial charge in [0.2, 0.25) is 5.91 Å². The summed E-state index contributed by atoms with van der Waals surface area (Å²) in [6.45, 7) is 3.72. The van der Waals surface area contributed by atoms with Crippen LogP contribution in [0.1, 0.15) is 47.7 Å². The number of hydrogen-bond acceptors (Lipinski definition) is 3. The molecule has 5 rings (SSSR count). The summed E-state index contributed by atoms with van der Waals surface area (Å²) < 4.78 is 13.0. The van der Waals surface area contributed by atoms with Gasteiger partial charge in [-0.25, -0.2) is 4.39 Å². The first-order valence-corrected chi connectivity index (χ1v) is 9.66. The fraction of sp³-hybridized carbons (Fsp3) is 0.348. The van der Waals surface area contributed by atoms with Crippen molar-refractivity contribution in [3.05, 3.63) is 65.0 Å². The number of nitrogens with zero attached hydrogens (tertiary/aromatic N) is 1. The van der Waals surface area contributed by atoms with Crippen molar-refractivity contribution in [1.29, 1.82) is 5.26 Å². The fourth-order valence-corrected chi connectivity index (χ4v) is 4.76. The van der Waals surface area contributed by atoms with Crippen molar-refractivity contribution >= 4 is 17.5 Å². The molecular formula is C23H22FN3O2. The zero-order valence-corrected chi connectivity index (χ0v) is 16.4. The summed E-state index contributed by atoms with van der Waals surface area (Å²) in [6, 6.07) is 12.9. The van der Waals surface area contributed by atoms with E-state index in [1.165, 1.54) is 12.1 Å². The van der Waals surface area contributed by atoms with Crippen LogP contribution in [-0.4, -0.2) is 17.4 Å². The highest BCUT2D eigenvalue weighted by Gasteiger charge is 2.71. The molecule has 1 atom stereocenters. The number of carbonyl (C=O) groups excluding carboxylic acids is 2. The van der Waals surface area contributed by atoms with Crippen LogP contribution in [0.15, 0.2) is 42.5 Å². The Morgan fingerprint density at radius 2 is 1.79 bits per heavy atom. The molecule has 3 fully saturated rings. The molecule has 0 spiro atoms. The van der Waals surface area contributed by atoms with Gasteiger partial charge in [-0.1, -0.05) is 6.92 Å². The molecule has 6 heteroatoms. The number of benzene rings is 2. The van der Waals surface area contributed by atoms with Gasteiger partial charge in [-0.2, -0.15) is 5.26 Å². The van der Waals surface area contributed by atoms with Gasteiger partial charge in [0, 0.05) is 22.7 Å². The Bertz CT molecular complexity index is 1020. The van der Waals surface area contributed by atoms with Gasteiger partial charge in [0.25, 0.3) is 5.91 Å². The quantitative estimate of drug-likeness (QED) is 0.810. The van der Waals surface area contributed by atoms with E-state index in [0.717, 1.165) is 24.8 Å². The summed E-state index contributed by atoms with van der Waals surface area (Å²) in [6.07, 6.45) is 2.33. The van der Waals surface area contributed by atoms with Gasteiger partial charge in [0.15, 0.2) is 0 Å². The Hall–Kier alpha value is -3.20. The third-order valence-electron chi connectivity index (χ3n) is 6.48. The molecule has 2 aromatic rings. The second-order valence-electron chi connectivity index (χ2n) is 8.49. The van der Waals surface area contributed by atoms with Crippen molar-refractivity contribution in [3.8, 4) is 6.07 Å². The molecule has 2 aromatic carbocycles. The van der Waals surface area contributed by atoms with Crippen LogP contribution in [0.25, 0.3) is 0 Å². The molecule has 3 saturated carbocycles. The molecule has 2 amide bonds. The minimum atomic E-state index is -0.342. The van der Waals surface area contributed by atoms with Crippen LogP contribution < -0.4 is 10.6 Å². The van der Waals surface area contributed by atoms with E-state index in [1.54, 1.807) is 30.3 Å². The van der Waals surface area contributed by atoms with E-state index in [4.69, 9.17) is 5.26 Å².